The first-order valence-electron chi connectivity index (χ1n) is 8.00. The molecule has 0 unspecified atom stereocenters. The number of hydrogen-bond acceptors (Lipinski definition) is 3. The summed E-state index contributed by atoms with van der Waals surface area (Å²) in [6.45, 7) is 4.25. The van der Waals surface area contributed by atoms with Crippen molar-refractivity contribution in [2.24, 2.45) is 5.92 Å². The minimum absolute atomic E-state index is 0.373. The number of hydrogen-bond donors (Lipinski definition) is 2. The number of nitrogens with one attached hydrogen (secondary N) is 1. The van der Waals surface area contributed by atoms with Gasteiger partial charge in [-0.2, -0.15) is 0 Å². The van der Waals surface area contributed by atoms with Gasteiger partial charge in [0.15, 0.2) is 0 Å². The predicted molar refractivity (Wildman–Crippen MR) is 85.5 cm³/mol. The quantitative estimate of drug-likeness (QED) is 0.908. The first kappa shape index (κ1) is 13.1. The maximum atomic E-state index is 10.5. The van der Waals surface area contributed by atoms with Crippen molar-refractivity contribution in [1.29, 1.82) is 0 Å². The molecular weight excluding hydrogens is 260 g/mol. The molecule has 1 aliphatic heterocycles. The molecule has 0 radical (unpaired) electrons. The monoisotopic (exact) mass is 282 g/mol. The van der Waals surface area contributed by atoms with Gasteiger partial charge in [-0.1, -0.05) is 30.3 Å². The van der Waals surface area contributed by atoms with Gasteiger partial charge in [0.05, 0.1) is 0 Å². The number of rotatable bonds is 3. The van der Waals surface area contributed by atoms with Gasteiger partial charge in [0.2, 0.25) is 0 Å². The van der Waals surface area contributed by atoms with Crippen LogP contribution in [0.3, 0.4) is 0 Å². The molecule has 0 bridgehead atoms. The summed E-state index contributed by atoms with van der Waals surface area (Å²) in [6.07, 6.45) is 2.58. The average molecular weight is 282 g/mol. The van der Waals surface area contributed by atoms with Gasteiger partial charge in [-0.05, 0) is 35.6 Å². The summed E-state index contributed by atoms with van der Waals surface area (Å²) >= 11 is 0. The van der Waals surface area contributed by atoms with Crippen molar-refractivity contribution in [2.75, 3.05) is 26.2 Å². The minimum atomic E-state index is 0.373. The van der Waals surface area contributed by atoms with Crippen molar-refractivity contribution in [3.63, 3.8) is 0 Å². The number of piperazine rings is 1. The lowest BCUT2D eigenvalue weighted by atomic mass is 9.93. The van der Waals surface area contributed by atoms with Gasteiger partial charge < -0.3 is 10.4 Å². The maximum absolute atomic E-state index is 10.5. The Kier molecular flexibility index (Phi) is 3.32. The minimum Gasteiger partial charge on any atom is -0.508 e. The normalized spacial score (nSPS) is 21.5. The molecule has 0 amide bonds. The fourth-order valence-electron chi connectivity index (χ4n) is 3.68. The Labute approximate surface area is 125 Å². The molecule has 110 valence electrons. The molecule has 2 aromatic carbocycles. The molecule has 1 saturated carbocycles. The van der Waals surface area contributed by atoms with Crippen LogP contribution in [-0.2, 0) is 0 Å². The zero-order valence-electron chi connectivity index (χ0n) is 12.3. The van der Waals surface area contributed by atoms with E-state index in [1.807, 2.05) is 12.1 Å². The molecule has 1 aliphatic carbocycles. The third-order valence-electron chi connectivity index (χ3n) is 4.86. The molecule has 3 nitrogen and oxygen atoms in total. The second kappa shape index (κ2) is 5.32. The van der Waals surface area contributed by atoms with E-state index in [-0.39, 0.29) is 0 Å². The highest BCUT2D eigenvalue weighted by atomic mass is 16.3. The molecule has 3 heteroatoms. The van der Waals surface area contributed by atoms with E-state index in [4.69, 9.17) is 0 Å². The number of nitrogens with zero attached hydrogens (tertiary/aromatic N) is 1. The van der Waals surface area contributed by atoms with Crippen LogP contribution < -0.4 is 5.32 Å². The number of aromatic hydroxyl groups is 1. The van der Waals surface area contributed by atoms with E-state index in [1.165, 1.54) is 23.6 Å². The largest absolute Gasteiger partial charge is 0.508 e. The van der Waals surface area contributed by atoms with Crippen molar-refractivity contribution in [1.82, 2.24) is 10.2 Å². The topological polar surface area (TPSA) is 35.5 Å². The summed E-state index contributed by atoms with van der Waals surface area (Å²) < 4.78 is 0. The fraction of sp³-hybridized carbons (Fsp3) is 0.444. The van der Waals surface area contributed by atoms with Crippen LogP contribution in [0.1, 0.15) is 24.4 Å². The third kappa shape index (κ3) is 2.41. The summed E-state index contributed by atoms with van der Waals surface area (Å²) in [5.74, 6) is 1.17. The van der Waals surface area contributed by atoms with Crippen LogP contribution in [-0.4, -0.2) is 36.2 Å². The molecule has 0 aromatic heterocycles. The lowest BCUT2D eigenvalue weighted by molar-refractivity contribution is 0.155. The number of phenols is 1. The van der Waals surface area contributed by atoms with Crippen LogP contribution in [0.5, 0.6) is 5.75 Å². The van der Waals surface area contributed by atoms with Crippen molar-refractivity contribution < 1.29 is 5.11 Å². The molecule has 1 saturated heterocycles. The molecule has 1 atom stereocenters. The number of benzene rings is 2. The Balaban J connectivity index is 1.83. The fourth-order valence-corrected chi connectivity index (χ4v) is 3.68. The van der Waals surface area contributed by atoms with E-state index in [2.05, 4.69) is 34.5 Å². The van der Waals surface area contributed by atoms with Gasteiger partial charge in [0.25, 0.3) is 0 Å². The van der Waals surface area contributed by atoms with Crippen LogP contribution in [0.2, 0.25) is 0 Å². The Morgan fingerprint density at radius 2 is 1.81 bits per heavy atom. The SMILES string of the molecule is Oc1ccc2ccccc2c1[C@@H](C1CC1)N1CCNCC1. The van der Waals surface area contributed by atoms with Crippen LogP contribution >= 0.6 is 0 Å². The molecular formula is C18H22N2O. The van der Waals surface area contributed by atoms with Gasteiger partial charge in [0, 0.05) is 37.8 Å². The van der Waals surface area contributed by atoms with E-state index in [9.17, 15) is 5.11 Å². The van der Waals surface area contributed by atoms with E-state index < -0.39 is 0 Å². The molecule has 2 aromatic rings. The van der Waals surface area contributed by atoms with Gasteiger partial charge in [-0.3, -0.25) is 4.90 Å². The van der Waals surface area contributed by atoms with Crippen LogP contribution in [0.25, 0.3) is 10.8 Å². The predicted octanol–water partition coefficient (Wildman–Crippen LogP) is 2.90. The Bertz CT molecular complexity index is 645. The Morgan fingerprint density at radius 3 is 2.57 bits per heavy atom. The van der Waals surface area contributed by atoms with Crippen molar-refractivity contribution in [3.8, 4) is 5.75 Å². The lowest BCUT2D eigenvalue weighted by Gasteiger charge is -2.36. The summed E-state index contributed by atoms with van der Waals surface area (Å²) in [5, 5.41) is 16.4. The van der Waals surface area contributed by atoms with E-state index in [0.29, 0.717) is 17.7 Å². The third-order valence-corrected chi connectivity index (χ3v) is 4.86. The number of fused-ring (bicyclic) bond motifs is 1. The van der Waals surface area contributed by atoms with Crippen molar-refractivity contribution in [3.05, 3.63) is 42.0 Å². The first-order valence-corrected chi connectivity index (χ1v) is 8.00. The smallest absolute Gasteiger partial charge is 0.121 e. The van der Waals surface area contributed by atoms with E-state index >= 15 is 0 Å². The van der Waals surface area contributed by atoms with Gasteiger partial charge in [-0.25, -0.2) is 0 Å². The highest BCUT2D eigenvalue weighted by Gasteiger charge is 2.38. The van der Waals surface area contributed by atoms with Crippen LogP contribution in [0.15, 0.2) is 36.4 Å². The second-order valence-electron chi connectivity index (χ2n) is 6.29. The first-order chi connectivity index (χ1) is 10.3. The summed E-state index contributed by atoms with van der Waals surface area (Å²) in [7, 11) is 0. The molecule has 1 heterocycles. The number of phenolic OH excluding ortho intramolecular Hbond substituents is 1. The summed E-state index contributed by atoms with van der Waals surface area (Å²) in [4.78, 5) is 2.57. The zero-order valence-corrected chi connectivity index (χ0v) is 12.3. The second-order valence-corrected chi connectivity index (χ2v) is 6.29. The molecule has 21 heavy (non-hydrogen) atoms. The highest BCUT2D eigenvalue weighted by molar-refractivity contribution is 5.88. The van der Waals surface area contributed by atoms with Gasteiger partial charge in [0.1, 0.15) is 5.75 Å². The Morgan fingerprint density at radius 1 is 1.05 bits per heavy atom. The van der Waals surface area contributed by atoms with E-state index in [0.717, 1.165) is 31.7 Å². The van der Waals surface area contributed by atoms with E-state index in [1.54, 1.807) is 0 Å². The van der Waals surface area contributed by atoms with Gasteiger partial charge >= 0.3 is 0 Å². The average Bonchev–Trinajstić information content (AvgIpc) is 3.36. The summed E-state index contributed by atoms with van der Waals surface area (Å²) in [6, 6.07) is 12.7. The molecule has 2 N–H and O–H groups in total. The molecule has 2 aliphatic rings. The van der Waals surface area contributed by atoms with Gasteiger partial charge in [-0.15, -0.1) is 0 Å². The standard InChI is InChI=1S/C18H22N2O/c21-16-8-7-13-3-1-2-4-15(13)17(16)18(14-5-6-14)20-11-9-19-10-12-20/h1-4,7-8,14,18-19,21H,5-6,9-12H2/t18-/m1/s1. The maximum Gasteiger partial charge on any atom is 0.121 e. The van der Waals surface area contributed by atoms with Crippen LogP contribution in [0, 0.1) is 5.92 Å². The summed E-state index contributed by atoms with van der Waals surface area (Å²) in [5.41, 5.74) is 1.15. The highest BCUT2D eigenvalue weighted by Crippen LogP contribution is 2.48. The van der Waals surface area contributed by atoms with Crippen molar-refractivity contribution in [2.45, 2.75) is 18.9 Å². The molecule has 0 spiro atoms. The molecule has 2 fully saturated rings. The lowest BCUT2D eigenvalue weighted by Crippen LogP contribution is -2.45. The Hall–Kier alpha value is -1.58. The zero-order chi connectivity index (χ0) is 14.2. The van der Waals surface area contributed by atoms with Crippen LogP contribution in [0.4, 0.5) is 0 Å². The van der Waals surface area contributed by atoms with Crippen molar-refractivity contribution >= 4 is 10.8 Å². The molecule has 4 rings (SSSR count).